The molecule has 0 bridgehead atoms. The number of nitrogens with one attached hydrogen (secondary N) is 1. The predicted octanol–water partition coefficient (Wildman–Crippen LogP) is 3.21. The smallest absolute Gasteiger partial charge is 0.235 e. The lowest BCUT2D eigenvalue weighted by Crippen LogP contribution is -2.16. The minimum absolute atomic E-state index is 0.298. The van der Waals surface area contributed by atoms with Crippen molar-refractivity contribution in [1.82, 2.24) is 25.1 Å². The van der Waals surface area contributed by atoms with Crippen LogP contribution in [0, 0.1) is 6.92 Å². The average Bonchev–Trinajstić information content (AvgIpc) is 3.22. The third-order valence-electron chi connectivity index (χ3n) is 3.85. The van der Waals surface area contributed by atoms with Gasteiger partial charge in [0.1, 0.15) is 0 Å². The van der Waals surface area contributed by atoms with Gasteiger partial charge in [0.25, 0.3) is 0 Å². The summed E-state index contributed by atoms with van der Waals surface area (Å²) in [6.07, 6.45) is 2.31. The van der Waals surface area contributed by atoms with Gasteiger partial charge in [-0.25, -0.2) is 0 Å². The van der Waals surface area contributed by atoms with Gasteiger partial charge < -0.3 is 5.32 Å². The van der Waals surface area contributed by atoms with Crippen LogP contribution in [0.5, 0.6) is 0 Å². The number of aryl methyl sites for hydroxylation is 1. The van der Waals surface area contributed by atoms with Gasteiger partial charge in [-0.1, -0.05) is 52.9 Å². The molecule has 0 amide bonds. The summed E-state index contributed by atoms with van der Waals surface area (Å²) in [7, 11) is 0. The van der Waals surface area contributed by atoms with Gasteiger partial charge in [-0.15, -0.1) is 15.3 Å². The van der Waals surface area contributed by atoms with Gasteiger partial charge in [-0.3, -0.25) is 0 Å². The molecular weight excluding hydrogens is 314 g/mol. The first-order chi connectivity index (χ1) is 10.8. The fourth-order valence-electron chi connectivity index (χ4n) is 2.62. The van der Waals surface area contributed by atoms with Crippen molar-refractivity contribution in [2.45, 2.75) is 35.9 Å². The zero-order valence-corrected chi connectivity index (χ0v) is 14.0. The Morgan fingerprint density at radius 3 is 2.95 bits per heavy atom. The highest BCUT2D eigenvalue weighted by atomic mass is 32.2. The second-order valence-electron chi connectivity index (χ2n) is 5.54. The van der Waals surface area contributed by atoms with E-state index >= 15 is 0 Å². The maximum absolute atomic E-state index is 4.68. The largest absolute Gasteiger partial charge is 0.307 e. The topological polar surface area (TPSA) is 55.1 Å². The third kappa shape index (κ3) is 2.76. The van der Waals surface area contributed by atoms with E-state index in [2.05, 4.69) is 51.8 Å². The molecule has 4 rings (SSSR count). The Kier molecular flexibility index (Phi) is 3.85. The summed E-state index contributed by atoms with van der Waals surface area (Å²) in [6, 6.07) is 8.95. The summed E-state index contributed by atoms with van der Waals surface area (Å²) < 4.78 is 2.95. The number of thioether (sulfide) groups is 1. The van der Waals surface area contributed by atoms with E-state index in [0.29, 0.717) is 6.04 Å². The van der Waals surface area contributed by atoms with Crippen LogP contribution < -0.4 is 5.32 Å². The molecule has 0 saturated carbocycles. The van der Waals surface area contributed by atoms with Gasteiger partial charge in [-0.2, -0.15) is 4.52 Å². The van der Waals surface area contributed by atoms with Crippen LogP contribution in [0.1, 0.15) is 35.8 Å². The Morgan fingerprint density at radius 2 is 2.18 bits per heavy atom. The molecule has 0 aliphatic carbocycles. The molecule has 22 heavy (non-hydrogen) atoms. The maximum atomic E-state index is 4.68. The Balaban J connectivity index is 1.51. The molecule has 0 radical (unpaired) electrons. The summed E-state index contributed by atoms with van der Waals surface area (Å²) in [5.41, 5.74) is 2.61. The van der Waals surface area contributed by atoms with Crippen molar-refractivity contribution in [3.8, 4) is 0 Å². The summed E-state index contributed by atoms with van der Waals surface area (Å²) in [5.74, 6) is 1.88. The highest BCUT2D eigenvalue weighted by Gasteiger charge is 2.23. The minimum Gasteiger partial charge on any atom is -0.307 e. The quantitative estimate of drug-likeness (QED) is 0.744. The van der Waals surface area contributed by atoms with Crippen LogP contribution in [0.2, 0.25) is 0 Å². The SMILES string of the molecule is Cc1ccc(CSc2nn3c([C@H]4CCCN4)nnc3s2)cc1. The molecule has 1 N–H and O–H groups in total. The van der Waals surface area contributed by atoms with Gasteiger partial charge in [0.05, 0.1) is 6.04 Å². The second kappa shape index (κ2) is 5.98. The lowest BCUT2D eigenvalue weighted by atomic mass is 10.2. The van der Waals surface area contributed by atoms with Gasteiger partial charge >= 0.3 is 0 Å². The van der Waals surface area contributed by atoms with E-state index in [1.165, 1.54) is 17.5 Å². The highest BCUT2D eigenvalue weighted by Crippen LogP contribution is 2.29. The summed E-state index contributed by atoms with van der Waals surface area (Å²) >= 11 is 3.37. The zero-order chi connectivity index (χ0) is 14.9. The first kappa shape index (κ1) is 14.2. The Hall–Kier alpha value is -1.44. The number of hydrogen-bond acceptors (Lipinski definition) is 6. The molecule has 1 aliphatic heterocycles. The molecule has 1 saturated heterocycles. The monoisotopic (exact) mass is 331 g/mol. The Labute approximate surface area is 137 Å². The predicted molar refractivity (Wildman–Crippen MR) is 89.4 cm³/mol. The molecule has 7 heteroatoms. The van der Waals surface area contributed by atoms with Gasteiger partial charge in [0.2, 0.25) is 4.96 Å². The van der Waals surface area contributed by atoms with Crippen molar-refractivity contribution in [3.05, 3.63) is 41.2 Å². The van der Waals surface area contributed by atoms with Crippen LogP contribution in [0.15, 0.2) is 28.6 Å². The maximum Gasteiger partial charge on any atom is 0.235 e. The first-order valence-electron chi connectivity index (χ1n) is 7.43. The first-order valence-corrected chi connectivity index (χ1v) is 9.24. The summed E-state index contributed by atoms with van der Waals surface area (Å²) in [5, 5.41) is 16.7. The second-order valence-corrected chi connectivity index (χ2v) is 7.72. The van der Waals surface area contributed by atoms with Crippen molar-refractivity contribution in [2.75, 3.05) is 6.54 Å². The molecule has 5 nitrogen and oxygen atoms in total. The molecule has 114 valence electrons. The normalized spacial score (nSPS) is 18.3. The molecule has 0 spiro atoms. The van der Waals surface area contributed by atoms with Crippen LogP contribution in [0.25, 0.3) is 4.96 Å². The fraction of sp³-hybridized carbons (Fsp3) is 0.400. The van der Waals surface area contributed by atoms with E-state index < -0.39 is 0 Å². The third-order valence-corrected chi connectivity index (χ3v) is 5.95. The molecule has 3 aromatic rings. The van der Waals surface area contributed by atoms with Gasteiger partial charge in [0.15, 0.2) is 10.2 Å². The lowest BCUT2D eigenvalue weighted by molar-refractivity contribution is 0.582. The van der Waals surface area contributed by atoms with Crippen LogP contribution in [0.4, 0.5) is 0 Å². The van der Waals surface area contributed by atoms with Crippen molar-refractivity contribution in [1.29, 1.82) is 0 Å². The Morgan fingerprint density at radius 1 is 1.32 bits per heavy atom. The van der Waals surface area contributed by atoms with Crippen molar-refractivity contribution in [2.24, 2.45) is 0 Å². The fourth-order valence-corrected chi connectivity index (χ4v) is 4.46. The van der Waals surface area contributed by atoms with Crippen molar-refractivity contribution >= 4 is 28.1 Å². The van der Waals surface area contributed by atoms with Crippen LogP contribution >= 0.6 is 23.1 Å². The Bertz CT molecular complexity index is 771. The molecule has 1 atom stereocenters. The van der Waals surface area contributed by atoms with E-state index in [-0.39, 0.29) is 0 Å². The molecule has 1 aromatic carbocycles. The van der Waals surface area contributed by atoms with E-state index in [1.807, 2.05) is 4.52 Å². The van der Waals surface area contributed by atoms with Gasteiger partial charge in [0, 0.05) is 5.75 Å². The lowest BCUT2D eigenvalue weighted by Gasteiger charge is -2.04. The van der Waals surface area contributed by atoms with E-state index in [4.69, 9.17) is 0 Å². The van der Waals surface area contributed by atoms with Crippen LogP contribution in [-0.4, -0.2) is 26.4 Å². The van der Waals surface area contributed by atoms with E-state index in [9.17, 15) is 0 Å². The number of hydrogen-bond donors (Lipinski definition) is 1. The minimum atomic E-state index is 0.298. The number of fused-ring (bicyclic) bond motifs is 1. The molecule has 2 aromatic heterocycles. The standard InChI is InChI=1S/C15H17N5S2/c1-10-4-6-11(7-5-10)9-21-15-19-20-13(12-3-2-8-16-12)17-18-14(20)22-15/h4-7,12,16H,2-3,8-9H2,1H3/t12-/m1/s1. The number of aromatic nitrogens is 4. The van der Waals surface area contributed by atoms with Gasteiger partial charge in [-0.05, 0) is 31.9 Å². The molecule has 1 fully saturated rings. The molecule has 3 heterocycles. The van der Waals surface area contributed by atoms with Crippen molar-refractivity contribution in [3.63, 3.8) is 0 Å². The molecule has 1 aliphatic rings. The zero-order valence-electron chi connectivity index (χ0n) is 12.3. The van der Waals surface area contributed by atoms with Crippen molar-refractivity contribution < 1.29 is 0 Å². The van der Waals surface area contributed by atoms with E-state index in [0.717, 1.165) is 33.8 Å². The average molecular weight is 331 g/mol. The highest BCUT2D eigenvalue weighted by molar-refractivity contribution is 8.00. The number of rotatable bonds is 4. The van der Waals surface area contributed by atoms with Crippen LogP contribution in [0.3, 0.4) is 0 Å². The number of benzene rings is 1. The summed E-state index contributed by atoms with van der Waals surface area (Å²) in [4.78, 5) is 0.884. The summed E-state index contributed by atoms with van der Waals surface area (Å²) in [6.45, 7) is 3.16. The molecule has 0 unspecified atom stereocenters. The van der Waals surface area contributed by atoms with E-state index in [1.54, 1.807) is 23.1 Å². The van der Waals surface area contributed by atoms with Crippen LogP contribution in [-0.2, 0) is 5.75 Å². The molecular formula is C15H17N5S2. The number of nitrogens with zero attached hydrogens (tertiary/aromatic N) is 4.